The lowest BCUT2D eigenvalue weighted by Crippen LogP contribution is -2.36. The van der Waals surface area contributed by atoms with Gasteiger partial charge in [0.05, 0.1) is 33.3 Å². The molecule has 4 rings (SSSR count). The Hall–Kier alpha value is -3.19. The van der Waals surface area contributed by atoms with E-state index in [-0.39, 0.29) is 38.7 Å². The first-order chi connectivity index (χ1) is 19.3. The van der Waals surface area contributed by atoms with Gasteiger partial charge in [-0.25, -0.2) is 0 Å². The van der Waals surface area contributed by atoms with E-state index in [0.717, 1.165) is 22.2 Å². The van der Waals surface area contributed by atoms with Crippen LogP contribution in [0.15, 0.2) is 64.0 Å². The summed E-state index contributed by atoms with van der Waals surface area (Å²) in [6, 6.07) is 13.0. The molecule has 1 N–H and O–H groups in total. The van der Waals surface area contributed by atoms with Gasteiger partial charge in [-0.15, -0.1) is 0 Å². The van der Waals surface area contributed by atoms with Gasteiger partial charge in [-0.2, -0.15) is 13.2 Å². The zero-order valence-corrected chi connectivity index (χ0v) is 24.8. The van der Waals surface area contributed by atoms with Crippen LogP contribution in [0.25, 0.3) is 6.08 Å². The van der Waals surface area contributed by atoms with Gasteiger partial charge >= 0.3 is 6.18 Å². The predicted octanol–water partition coefficient (Wildman–Crippen LogP) is 8.04. The summed E-state index contributed by atoms with van der Waals surface area (Å²) in [5, 5.41) is 1.88. The number of thioether (sulfide) groups is 1. The van der Waals surface area contributed by atoms with Gasteiger partial charge in [0.15, 0.2) is 5.75 Å². The van der Waals surface area contributed by atoms with Crippen molar-refractivity contribution in [2.75, 3.05) is 19.0 Å². The van der Waals surface area contributed by atoms with Gasteiger partial charge in [0, 0.05) is 4.47 Å². The number of nitrogens with zero attached hydrogens (tertiary/aromatic N) is 1. The van der Waals surface area contributed by atoms with E-state index in [4.69, 9.17) is 32.7 Å². The summed E-state index contributed by atoms with van der Waals surface area (Å²) in [6.45, 7) is -0.523. The van der Waals surface area contributed by atoms with E-state index in [1.807, 2.05) is 24.3 Å². The van der Waals surface area contributed by atoms with Crippen LogP contribution in [0.3, 0.4) is 0 Å². The van der Waals surface area contributed by atoms with Crippen LogP contribution in [0.4, 0.5) is 23.7 Å². The summed E-state index contributed by atoms with van der Waals surface area (Å²) < 4.78 is 51.0. The maximum atomic E-state index is 13.1. The van der Waals surface area contributed by atoms with E-state index < -0.39 is 35.3 Å². The number of ether oxygens (including phenoxy) is 2. The number of nitrogens with one attached hydrogen (secondary N) is 1. The molecule has 3 aromatic rings. The number of imide groups is 1. The third-order valence-electron chi connectivity index (χ3n) is 5.59. The molecule has 14 heteroatoms. The zero-order chi connectivity index (χ0) is 29.9. The highest BCUT2D eigenvalue weighted by molar-refractivity contribution is 9.10. The number of hydrogen-bond donors (Lipinski definition) is 1. The largest absolute Gasteiger partial charge is 0.495 e. The van der Waals surface area contributed by atoms with E-state index in [1.54, 1.807) is 0 Å². The van der Waals surface area contributed by atoms with Crippen LogP contribution in [0.2, 0.25) is 10.0 Å². The van der Waals surface area contributed by atoms with Gasteiger partial charge < -0.3 is 14.8 Å². The molecule has 1 heterocycles. The lowest BCUT2D eigenvalue weighted by Gasteiger charge is -2.16. The van der Waals surface area contributed by atoms with E-state index in [1.165, 1.54) is 25.3 Å². The third kappa shape index (κ3) is 7.56. The van der Waals surface area contributed by atoms with Crippen LogP contribution in [-0.4, -0.2) is 35.6 Å². The first kappa shape index (κ1) is 30.8. The molecule has 1 saturated heterocycles. The summed E-state index contributed by atoms with van der Waals surface area (Å²) in [5.74, 6) is -1.46. The highest BCUT2D eigenvalue weighted by atomic mass is 79.9. The SMILES string of the molecule is COc1ccc(C(F)(F)F)cc1NC(=O)CN1C(=O)S/C(=C\c2cc(Cl)c(OCc3ccc(Br)cc3)c(Cl)c2)C1=O. The van der Waals surface area contributed by atoms with Crippen molar-refractivity contribution in [3.63, 3.8) is 0 Å². The number of rotatable bonds is 8. The molecule has 3 amide bonds. The molecule has 1 fully saturated rings. The molecule has 0 radical (unpaired) electrons. The Balaban J connectivity index is 1.45. The molecule has 0 aliphatic carbocycles. The fourth-order valence-corrected chi connectivity index (χ4v) is 5.36. The number of alkyl halides is 3. The Morgan fingerprint density at radius 1 is 1.07 bits per heavy atom. The van der Waals surface area contributed by atoms with Gasteiger partial charge in [0.25, 0.3) is 11.1 Å². The molecular weight excluding hydrogens is 672 g/mol. The molecule has 0 saturated carbocycles. The second-order valence-corrected chi connectivity index (χ2v) is 11.2. The molecule has 7 nitrogen and oxygen atoms in total. The van der Waals surface area contributed by atoms with E-state index in [9.17, 15) is 27.6 Å². The summed E-state index contributed by atoms with van der Waals surface area (Å²) in [5.41, 5.74) is 0.0135. The Labute approximate surface area is 254 Å². The van der Waals surface area contributed by atoms with E-state index >= 15 is 0 Å². The van der Waals surface area contributed by atoms with Gasteiger partial charge in [0.2, 0.25) is 5.91 Å². The summed E-state index contributed by atoms with van der Waals surface area (Å²) in [4.78, 5) is 38.7. The number of halogens is 6. The number of hydrogen-bond acceptors (Lipinski definition) is 6. The molecule has 3 aromatic carbocycles. The molecule has 0 atom stereocenters. The molecule has 0 spiro atoms. The quantitative estimate of drug-likeness (QED) is 0.241. The summed E-state index contributed by atoms with van der Waals surface area (Å²) in [6.07, 6.45) is -3.27. The van der Waals surface area contributed by atoms with Gasteiger partial charge in [-0.05, 0) is 71.4 Å². The Morgan fingerprint density at radius 2 is 1.73 bits per heavy atom. The highest BCUT2D eigenvalue weighted by Gasteiger charge is 2.37. The minimum Gasteiger partial charge on any atom is -0.495 e. The lowest BCUT2D eigenvalue weighted by molar-refractivity contribution is -0.137. The summed E-state index contributed by atoms with van der Waals surface area (Å²) in [7, 11) is 1.22. The van der Waals surface area contributed by atoms with Crippen molar-refractivity contribution >= 4 is 79.7 Å². The van der Waals surface area contributed by atoms with Gasteiger partial charge in [0.1, 0.15) is 18.9 Å². The highest BCUT2D eigenvalue weighted by Crippen LogP contribution is 2.38. The maximum absolute atomic E-state index is 13.1. The van der Waals surface area contributed by atoms with Crippen molar-refractivity contribution in [2.24, 2.45) is 0 Å². The first-order valence-corrected chi connectivity index (χ1v) is 13.9. The van der Waals surface area contributed by atoms with Crippen molar-refractivity contribution in [3.05, 3.63) is 90.7 Å². The zero-order valence-electron chi connectivity index (χ0n) is 20.9. The van der Waals surface area contributed by atoms with Gasteiger partial charge in [-0.3, -0.25) is 19.3 Å². The molecule has 0 bridgehead atoms. The maximum Gasteiger partial charge on any atom is 0.416 e. The molecule has 41 heavy (non-hydrogen) atoms. The van der Waals surface area contributed by atoms with Crippen LogP contribution >= 0.6 is 50.9 Å². The Kier molecular flexibility index (Phi) is 9.58. The lowest BCUT2D eigenvalue weighted by atomic mass is 10.1. The molecule has 0 unspecified atom stereocenters. The minimum absolute atomic E-state index is 0.00452. The first-order valence-electron chi connectivity index (χ1n) is 11.5. The fraction of sp³-hybridized carbons (Fsp3) is 0.148. The minimum atomic E-state index is -4.65. The van der Waals surface area contributed by atoms with E-state index in [2.05, 4.69) is 21.2 Å². The number of amides is 3. The fourth-order valence-electron chi connectivity index (χ4n) is 3.64. The van der Waals surface area contributed by atoms with Crippen molar-refractivity contribution in [3.8, 4) is 11.5 Å². The number of benzene rings is 3. The average molecular weight is 690 g/mol. The van der Waals surface area contributed by atoms with E-state index in [0.29, 0.717) is 28.3 Å². The second-order valence-electron chi connectivity index (χ2n) is 8.46. The second kappa shape index (κ2) is 12.8. The van der Waals surface area contributed by atoms with Crippen LogP contribution < -0.4 is 14.8 Å². The standard InChI is InChI=1S/C27H18BrCl2F3N2O5S/c1-39-21-7-4-16(27(31,32)33)11-20(21)34-23(36)12-35-25(37)22(41-26(35)38)10-15-8-18(29)24(19(30)9-15)40-13-14-2-5-17(28)6-3-14/h2-11H,12-13H2,1H3,(H,34,36)/b22-10-. The number of anilines is 1. The number of carbonyl (C=O) groups is 3. The summed E-state index contributed by atoms with van der Waals surface area (Å²) >= 11 is 16.7. The van der Waals surface area contributed by atoms with Crippen molar-refractivity contribution in [1.82, 2.24) is 4.90 Å². The molecule has 1 aliphatic heterocycles. The van der Waals surface area contributed by atoms with Crippen molar-refractivity contribution in [2.45, 2.75) is 12.8 Å². The third-order valence-corrected chi connectivity index (χ3v) is 7.59. The van der Waals surface area contributed by atoms with Gasteiger partial charge in [-0.1, -0.05) is 51.3 Å². The van der Waals surface area contributed by atoms with Crippen LogP contribution in [0.1, 0.15) is 16.7 Å². The molecule has 1 aliphatic rings. The monoisotopic (exact) mass is 688 g/mol. The van der Waals surface area contributed by atoms with Crippen molar-refractivity contribution < 1.29 is 37.0 Å². The van der Waals surface area contributed by atoms with Crippen molar-refractivity contribution in [1.29, 1.82) is 0 Å². The molecule has 214 valence electrons. The average Bonchev–Trinajstić information content (AvgIpc) is 3.15. The number of carbonyl (C=O) groups excluding carboxylic acids is 3. The predicted molar refractivity (Wildman–Crippen MR) is 154 cm³/mol. The van der Waals surface area contributed by atoms with Crippen LogP contribution in [-0.2, 0) is 22.4 Å². The molecule has 0 aromatic heterocycles. The number of methoxy groups -OCH3 is 1. The smallest absolute Gasteiger partial charge is 0.416 e. The normalized spacial score (nSPS) is 14.5. The Morgan fingerprint density at radius 3 is 2.34 bits per heavy atom. The molecular formula is C27H18BrCl2F3N2O5S. The Bertz CT molecular complexity index is 1530. The van der Waals surface area contributed by atoms with Crippen LogP contribution in [0.5, 0.6) is 11.5 Å². The van der Waals surface area contributed by atoms with Crippen LogP contribution in [0, 0.1) is 0 Å². The topological polar surface area (TPSA) is 84.9 Å².